The third kappa shape index (κ3) is 3.34. The summed E-state index contributed by atoms with van der Waals surface area (Å²) in [6, 6.07) is 10.4. The highest BCUT2D eigenvalue weighted by Gasteiger charge is 2.29. The third-order valence-corrected chi connectivity index (χ3v) is 4.07. The Hall–Kier alpha value is -1.78. The van der Waals surface area contributed by atoms with Crippen LogP contribution in [-0.4, -0.2) is 35.0 Å². The van der Waals surface area contributed by atoms with Gasteiger partial charge in [0.1, 0.15) is 6.10 Å². The second-order valence-electron chi connectivity index (χ2n) is 5.07. The molecule has 4 nitrogen and oxygen atoms in total. The zero-order valence-corrected chi connectivity index (χ0v) is 13.2. The lowest BCUT2D eigenvalue weighted by Gasteiger charge is -2.17. The summed E-state index contributed by atoms with van der Waals surface area (Å²) in [4.78, 5) is 18.4. The molecule has 0 aliphatic carbocycles. The number of rotatable bonds is 3. The van der Waals surface area contributed by atoms with E-state index in [9.17, 15) is 4.79 Å². The van der Waals surface area contributed by atoms with Gasteiger partial charge in [-0.2, -0.15) is 0 Å². The van der Waals surface area contributed by atoms with E-state index in [1.807, 2.05) is 12.1 Å². The molecule has 0 radical (unpaired) electrons. The summed E-state index contributed by atoms with van der Waals surface area (Å²) in [5.41, 5.74) is 0.463. The zero-order chi connectivity index (χ0) is 15.5. The standard InChI is InChI=1S/C16H14Cl2N2O2/c17-11-4-5-13(14(18)9-11)16(21)20-8-6-12(10-20)22-15-3-1-2-7-19-15/h1-5,7,9,12H,6,8,10H2. The SMILES string of the molecule is O=C(c1ccc(Cl)cc1Cl)N1CCC(Oc2ccccn2)C1. The molecule has 22 heavy (non-hydrogen) atoms. The quantitative estimate of drug-likeness (QED) is 0.858. The second-order valence-corrected chi connectivity index (χ2v) is 5.92. The first-order chi connectivity index (χ1) is 10.6. The van der Waals surface area contributed by atoms with E-state index in [2.05, 4.69) is 4.98 Å². The number of pyridine rings is 1. The fraction of sp³-hybridized carbons (Fsp3) is 0.250. The van der Waals surface area contributed by atoms with Crippen LogP contribution in [0.5, 0.6) is 5.88 Å². The van der Waals surface area contributed by atoms with Crippen LogP contribution in [-0.2, 0) is 0 Å². The molecule has 3 rings (SSSR count). The van der Waals surface area contributed by atoms with Gasteiger partial charge in [0.25, 0.3) is 5.91 Å². The molecule has 2 aromatic rings. The van der Waals surface area contributed by atoms with Crippen molar-refractivity contribution >= 4 is 29.1 Å². The first-order valence-corrected chi connectivity index (χ1v) is 7.71. The number of aromatic nitrogens is 1. The lowest BCUT2D eigenvalue weighted by Crippen LogP contribution is -2.31. The lowest BCUT2D eigenvalue weighted by molar-refractivity contribution is 0.0771. The number of likely N-dealkylation sites (tertiary alicyclic amines) is 1. The largest absolute Gasteiger partial charge is 0.472 e. The summed E-state index contributed by atoms with van der Waals surface area (Å²) < 4.78 is 5.78. The predicted molar refractivity (Wildman–Crippen MR) is 85.6 cm³/mol. The molecule has 2 heterocycles. The van der Waals surface area contributed by atoms with Crippen molar-refractivity contribution in [3.63, 3.8) is 0 Å². The maximum atomic E-state index is 12.5. The summed E-state index contributed by atoms with van der Waals surface area (Å²) in [5, 5.41) is 0.880. The summed E-state index contributed by atoms with van der Waals surface area (Å²) in [7, 11) is 0. The van der Waals surface area contributed by atoms with Gasteiger partial charge < -0.3 is 9.64 Å². The van der Waals surface area contributed by atoms with Crippen LogP contribution < -0.4 is 4.74 Å². The second kappa shape index (κ2) is 6.55. The van der Waals surface area contributed by atoms with Gasteiger partial charge in [0.2, 0.25) is 5.88 Å². The fourth-order valence-electron chi connectivity index (χ4n) is 2.43. The number of hydrogen-bond donors (Lipinski definition) is 0. The van der Waals surface area contributed by atoms with Crippen molar-refractivity contribution in [1.82, 2.24) is 9.88 Å². The maximum Gasteiger partial charge on any atom is 0.255 e. The minimum atomic E-state index is -0.103. The molecule has 0 spiro atoms. The Morgan fingerprint density at radius 3 is 2.86 bits per heavy atom. The molecular formula is C16H14Cl2N2O2. The van der Waals surface area contributed by atoms with E-state index in [4.69, 9.17) is 27.9 Å². The molecule has 1 aromatic heterocycles. The van der Waals surface area contributed by atoms with Gasteiger partial charge in [-0.25, -0.2) is 4.98 Å². The normalized spacial score (nSPS) is 17.5. The van der Waals surface area contributed by atoms with Crippen molar-refractivity contribution in [2.24, 2.45) is 0 Å². The first-order valence-electron chi connectivity index (χ1n) is 6.95. The van der Waals surface area contributed by atoms with Gasteiger partial charge in [0.15, 0.2) is 0 Å². The Bertz CT molecular complexity index is 679. The number of ether oxygens (including phenoxy) is 1. The number of hydrogen-bond acceptors (Lipinski definition) is 3. The molecule has 114 valence electrons. The minimum absolute atomic E-state index is 0.0510. The Morgan fingerprint density at radius 1 is 1.27 bits per heavy atom. The van der Waals surface area contributed by atoms with Crippen LogP contribution in [0.25, 0.3) is 0 Å². The Labute approximate surface area is 138 Å². The molecule has 1 aliphatic rings. The highest BCUT2D eigenvalue weighted by Crippen LogP contribution is 2.24. The van der Waals surface area contributed by atoms with Crippen molar-refractivity contribution in [2.45, 2.75) is 12.5 Å². The first kappa shape index (κ1) is 15.1. The number of carbonyl (C=O) groups excluding carboxylic acids is 1. The third-order valence-electron chi connectivity index (χ3n) is 3.52. The molecule has 1 atom stereocenters. The Balaban J connectivity index is 1.66. The Morgan fingerprint density at radius 2 is 2.14 bits per heavy atom. The van der Waals surface area contributed by atoms with Gasteiger partial charge in [-0.3, -0.25) is 4.79 Å². The molecule has 1 aliphatic heterocycles. The van der Waals surface area contributed by atoms with Crippen LogP contribution in [0.2, 0.25) is 10.0 Å². The van der Waals surface area contributed by atoms with Gasteiger partial charge in [0, 0.05) is 30.3 Å². The average molecular weight is 337 g/mol. The summed E-state index contributed by atoms with van der Waals surface area (Å²) in [6.07, 6.45) is 2.40. The molecule has 1 unspecified atom stereocenters. The van der Waals surface area contributed by atoms with Crippen LogP contribution in [0.1, 0.15) is 16.8 Å². The van der Waals surface area contributed by atoms with Gasteiger partial charge in [-0.15, -0.1) is 0 Å². The molecule has 1 aromatic carbocycles. The van der Waals surface area contributed by atoms with Crippen molar-refractivity contribution in [3.8, 4) is 5.88 Å². The van der Waals surface area contributed by atoms with E-state index < -0.39 is 0 Å². The van der Waals surface area contributed by atoms with Gasteiger partial charge in [0.05, 0.1) is 17.1 Å². The fourth-order valence-corrected chi connectivity index (χ4v) is 2.92. The van der Waals surface area contributed by atoms with Crippen molar-refractivity contribution in [2.75, 3.05) is 13.1 Å². The van der Waals surface area contributed by atoms with Crippen LogP contribution >= 0.6 is 23.2 Å². The van der Waals surface area contributed by atoms with E-state index in [1.54, 1.807) is 35.4 Å². The van der Waals surface area contributed by atoms with Crippen molar-refractivity contribution < 1.29 is 9.53 Å². The maximum absolute atomic E-state index is 12.5. The molecule has 1 fully saturated rings. The summed E-state index contributed by atoms with van der Waals surface area (Å²) in [6.45, 7) is 1.16. The van der Waals surface area contributed by atoms with E-state index in [1.165, 1.54) is 0 Å². The zero-order valence-electron chi connectivity index (χ0n) is 11.7. The monoisotopic (exact) mass is 336 g/mol. The molecular weight excluding hydrogens is 323 g/mol. The Kier molecular flexibility index (Phi) is 4.50. The predicted octanol–water partition coefficient (Wildman–Crippen LogP) is 3.68. The molecule has 0 N–H and O–H groups in total. The van der Waals surface area contributed by atoms with E-state index in [-0.39, 0.29) is 12.0 Å². The van der Waals surface area contributed by atoms with Crippen LogP contribution in [0.15, 0.2) is 42.6 Å². The molecule has 0 bridgehead atoms. The number of amides is 1. The summed E-state index contributed by atoms with van der Waals surface area (Å²) >= 11 is 12.0. The lowest BCUT2D eigenvalue weighted by atomic mass is 10.2. The van der Waals surface area contributed by atoms with Crippen LogP contribution in [0.4, 0.5) is 0 Å². The molecule has 0 saturated carbocycles. The van der Waals surface area contributed by atoms with Gasteiger partial charge >= 0.3 is 0 Å². The molecule has 1 saturated heterocycles. The number of carbonyl (C=O) groups is 1. The number of benzene rings is 1. The van der Waals surface area contributed by atoms with Crippen LogP contribution in [0.3, 0.4) is 0 Å². The van der Waals surface area contributed by atoms with Gasteiger partial charge in [-0.05, 0) is 24.3 Å². The minimum Gasteiger partial charge on any atom is -0.472 e. The van der Waals surface area contributed by atoms with Crippen molar-refractivity contribution in [3.05, 3.63) is 58.2 Å². The van der Waals surface area contributed by atoms with Crippen LogP contribution in [0, 0.1) is 0 Å². The highest BCUT2D eigenvalue weighted by molar-refractivity contribution is 6.36. The highest BCUT2D eigenvalue weighted by atomic mass is 35.5. The average Bonchev–Trinajstić information content (AvgIpc) is 2.96. The molecule has 6 heteroatoms. The number of nitrogens with zero attached hydrogens (tertiary/aromatic N) is 2. The molecule has 1 amide bonds. The smallest absolute Gasteiger partial charge is 0.255 e. The van der Waals surface area contributed by atoms with E-state index in [0.29, 0.717) is 34.6 Å². The number of halogens is 2. The van der Waals surface area contributed by atoms with Gasteiger partial charge in [-0.1, -0.05) is 29.3 Å². The van der Waals surface area contributed by atoms with E-state index >= 15 is 0 Å². The topological polar surface area (TPSA) is 42.4 Å². The van der Waals surface area contributed by atoms with E-state index in [0.717, 1.165) is 6.42 Å². The summed E-state index contributed by atoms with van der Waals surface area (Å²) in [5.74, 6) is 0.472. The van der Waals surface area contributed by atoms with Crippen molar-refractivity contribution in [1.29, 1.82) is 0 Å².